The molecular formula is C16H11FN2O. The Hall–Kier alpha value is -2.62. The average molecular weight is 266 g/mol. The predicted octanol–water partition coefficient (Wildman–Crippen LogP) is 3.31. The molecule has 0 unspecified atom stereocenters. The van der Waals surface area contributed by atoms with Crippen LogP contribution in [0, 0.1) is 12.7 Å². The monoisotopic (exact) mass is 266 g/mol. The molecule has 4 heteroatoms. The molecule has 0 spiro atoms. The second-order valence-corrected chi connectivity index (χ2v) is 4.54. The summed E-state index contributed by atoms with van der Waals surface area (Å²) in [5.74, 6) is -0.730. The van der Waals surface area contributed by atoms with Gasteiger partial charge in [-0.2, -0.15) is 0 Å². The number of rotatable bonds is 2. The van der Waals surface area contributed by atoms with E-state index in [0.717, 1.165) is 5.52 Å². The average Bonchev–Trinajstić information content (AvgIpc) is 2.49. The number of carbonyl (C=O) groups is 1. The highest BCUT2D eigenvalue weighted by Crippen LogP contribution is 2.14. The van der Waals surface area contributed by atoms with Gasteiger partial charge in [-0.3, -0.25) is 9.78 Å². The van der Waals surface area contributed by atoms with Crippen LogP contribution in [0.25, 0.3) is 11.0 Å². The minimum absolute atomic E-state index is 0.215. The van der Waals surface area contributed by atoms with E-state index in [0.29, 0.717) is 11.1 Å². The van der Waals surface area contributed by atoms with Crippen molar-refractivity contribution in [3.63, 3.8) is 0 Å². The van der Waals surface area contributed by atoms with Crippen molar-refractivity contribution in [1.82, 2.24) is 9.97 Å². The summed E-state index contributed by atoms with van der Waals surface area (Å²) in [6, 6.07) is 11.7. The van der Waals surface area contributed by atoms with Gasteiger partial charge < -0.3 is 0 Å². The van der Waals surface area contributed by atoms with Crippen LogP contribution in [0.15, 0.2) is 48.7 Å². The summed E-state index contributed by atoms with van der Waals surface area (Å²) in [6.07, 6.45) is 1.42. The standard InChI is InChI=1S/C16H11FN2O/c1-10-6-7-11(8-12(10)17)16(20)15-9-18-13-4-2-3-5-14(13)19-15/h2-9H,1H3. The highest BCUT2D eigenvalue weighted by molar-refractivity contribution is 6.08. The maximum atomic E-state index is 13.5. The van der Waals surface area contributed by atoms with E-state index in [9.17, 15) is 9.18 Å². The number of aromatic nitrogens is 2. The molecule has 0 amide bonds. The fourth-order valence-electron chi connectivity index (χ4n) is 1.95. The number of aryl methyl sites for hydroxylation is 1. The molecule has 0 aliphatic heterocycles. The van der Waals surface area contributed by atoms with E-state index in [1.807, 2.05) is 18.2 Å². The van der Waals surface area contributed by atoms with Gasteiger partial charge in [0.2, 0.25) is 5.78 Å². The van der Waals surface area contributed by atoms with Gasteiger partial charge in [0.05, 0.1) is 17.2 Å². The molecule has 0 N–H and O–H groups in total. The maximum Gasteiger partial charge on any atom is 0.213 e. The number of hydrogen-bond donors (Lipinski definition) is 0. The quantitative estimate of drug-likeness (QED) is 0.668. The molecule has 3 aromatic rings. The van der Waals surface area contributed by atoms with E-state index in [2.05, 4.69) is 9.97 Å². The van der Waals surface area contributed by atoms with Crippen molar-refractivity contribution in [3.8, 4) is 0 Å². The number of fused-ring (bicyclic) bond motifs is 1. The highest BCUT2D eigenvalue weighted by Gasteiger charge is 2.13. The first kappa shape index (κ1) is 12.4. The molecular weight excluding hydrogens is 255 g/mol. The van der Waals surface area contributed by atoms with Gasteiger partial charge >= 0.3 is 0 Å². The third kappa shape index (κ3) is 2.16. The first-order valence-electron chi connectivity index (χ1n) is 6.18. The van der Waals surface area contributed by atoms with Gasteiger partial charge in [-0.1, -0.05) is 24.3 Å². The van der Waals surface area contributed by atoms with Crippen LogP contribution in [0.3, 0.4) is 0 Å². The van der Waals surface area contributed by atoms with Crippen LogP contribution < -0.4 is 0 Å². The highest BCUT2D eigenvalue weighted by atomic mass is 19.1. The number of ketones is 1. The summed E-state index contributed by atoms with van der Waals surface area (Å²) in [5, 5.41) is 0. The summed E-state index contributed by atoms with van der Waals surface area (Å²) in [7, 11) is 0. The van der Waals surface area contributed by atoms with E-state index in [1.165, 1.54) is 12.3 Å². The fourth-order valence-corrected chi connectivity index (χ4v) is 1.95. The zero-order chi connectivity index (χ0) is 14.1. The molecule has 20 heavy (non-hydrogen) atoms. The smallest absolute Gasteiger partial charge is 0.213 e. The molecule has 2 aromatic carbocycles. The Bertz CT molecular complexity index is 814. The molecule has 3 nitrogen and oxygen atoms in total. The van der Waals surface area contributed by atoms with Crippen molar-refractivity contribution in [3.05, 3.63) is 71.3 Å². The minimum atomic E-state index is -0.399. The van der Waals surface area contributed by atoms with Gasteiger partial charge in [-0.25, -0.2) is 9.37 Å². The fraction of sp³-hybridized carbons (Fsp3) is 0.0625. The molecule has 1 aromatic heterocycles. The second-order valence-electron chi connectivity index (χ2n) is 4.54. The molecule has 0 bridgehead atoms. The van der Waals surface area contributed by atoms with Crippen molar-refractivity contribution < 1.29 is 9.18 Å². The Kier molecular flexibility index (Phi) is 2.99. The Morgan fingerprint density at radius 3 is 2.60 bits per heavy atom. The predicted molar refractivity (Wildman–Crippen MR) is 74.1 cm³/mol. The summed E-state index contributed by atoms with van der Waals surface area (Å²) in [4.78, 5) is 20.7. The number of nitrogens with zero attached hydrogens (tertiary/aromatic N) is 2. The van der Waals surface area contributed by atoms with Crippen LogP contribution in [0.2, 0.25) is 0 Å². The van der Waals surface area contributed by atoms with Gasteiger partial charge in [0.1, 0.15) is 11.5 Å². The molecule has 98 valence electrons. The first-order valence-corrected chi connectivity index (χ1v) is 6.18. The topological polar surface area (TPSA) is 42.9 Å². The molecule has 0 fully saturated rings. The van der Waals surface area contributed by atoms with Crippen molar-refractivity contribution in [1.29, 1.82) is 0 Å². The molecule has 0 radical (unpaired) electrons. The van der Waals surface area contributed by atoms with E-state index >= 15 is 0 Å². The second kappa shape index (κ2) is 4.81. The van der Waals surface area contributed by atoms with Crippen LogP contribution in [0.4, 0.5) is 4.39 Å². The Labute approximate surface area is 115 Å². The van der Waals surface area contributed by atoms with Crippen LogP contribution >= 0.6 is 0 Å². The number of carbonyl (C=O) groups excluding carboxylic acids is 1. The summed E-state index contributed by atoms with van der Waals surface area (Å²) < 4.78 is 13.5. The molecule has 0 aliphatic rings. The number of para-hydroxylation sites is 2. The van der Waals surface area contributed by atoms with Gasteiger partial charge in [0.25, 0.3) is 0 Å². The third-order valence-corrected chi connectivity index (χ3v) is 3.12. The Morgan fingerprint density at radius 1 is 1.10 bits per heavy atom. The van der Waals surface area contributed by atoms with Gasteiger partial charge in [0.15, 0.2) is 0 Å². The lowest BCUT2D eigenvalue weighted by Crippen LogP contribution is -2.06. The Balaban J connectivity index is 2.05. The molecule has 1 heterocycles. The summed E-state index contributed by atoms with van der Waals surface area (Å²) >= 11 is 0. The largest absolute Gasteiger partial charge is 0.287 e. The minimum Gasteiger partial charge on any atom is -0.287 e. The summed E-state index contributed by atoms with van der Waals surface area (Å²) in [6.45, 7) is 1.65. The van der Waals surface area contributed by atoms with Crippen molar-refractivity contribution in [2.45, 2.75) is 6.92 Å². The van der Waals surface area contributed by atoms with E-state index in [4.69, 9.17) is 0 Å². The van der Waals surface area contributed by atoms with E-state index in [-0.39, 0.29) is 17.0 Å². The molecule has 0 saturated carbocycles. The van der Waals surface area contributed by atoms with Crippen molar-refractivity contribution in [2.24, 2.45) is 0 Å². The van der Waals surface area contributed by atoms with Crippen LogP contribution in [-0.4, -0.2) is 15.8 Å². The normalized spacial score (nSPS) is 10.7. The Morgan fingerprint density at radius 2 is 1.85 bits per heavy atom. The zero-order valence-electron chi connectivity index (χ0n) is 10.8. The lowest BCUT2D eigenvalue weighted by atomic mass is 10.1. The number of halogens is 1. The third-order valence-electron chi connectivity index (χ3n) is 3.12. The molecule has 0 atom stereocenters. The summed E-state index contributed by atoms with van der Waals surface area (Å²) in [5.41, 5.74) is 2.36. The van der Waals surface area contributed by atoms with E-state index in [1.54, 1.807) is 25.1 Å². The lowest BCUT2D eigenvalue weighted by Gasteiger charge is -2.03. The first-order chi connectivity index (χ1) is 9.65. The van der Waals surface area contributed by atoms with Crippen LogP contribution in [0.5, 0.6) is 0 Å². The lowest BCUT2D eigenvalue weighted by molar-refractivity contribution is 0.103. The van der Waals surface area contributed by atoms with E-state index < -0.39 is 5.82 Å². The molecule has 3 rings (SSSR count). The maximum absolute atomic E-state index is 13.5. The number of hydrogen-bond acceptors (Lipinski definition) is 3. The number of benzene rings is 2. The van der Waals surface area contributed by atoms with Crippen LogP contribution in [0.1, 0.15) is 21.6 Å². The van der Waals surface area contributed by atoms with Gasteiger partial charge in [-0.15, -0.1) is 0 Å². The van der Waals surface area contributed by atoms with Gasteiger partial charge in [0, 0.05) is 5.56 Å². The molecule has 0 aliphatic carbocycles. The van der Waals surface area contributed by atoms with Crippen molar-refractivity contribution >= 4 is 16.8 Å². The SMILES string of the molecule is Cc1ccc(C(=O)c2cnc3ccccc3n2)cc1F. The van der Waals surface area contributed by atoms with Crippen LogP contribution in [-0.2, 0) is 0 Å². The molecule has 0 saturated heterocycles. The zero-order valence-corrected chi connectivity index (χ0v) is 10.8. The van der Waals surface area contributed by atoms with Gasteiger partial charge in [-0.05, 0) is 30.7 Å². The van der Waals surface area contributed by atoms with Crippen molar-refractivity contribution in [2.75, 3.05) is 0 Å².